The Labute approximate surface area is 116 Å². The van der Waals surface area contributed by atoms with E-state index in [-0.39, 0.29) is 18.5 Å². The lowest BCUT2D eigenvalue weighted by Gasteiger charge is -2.12. The molecule has 0 aliphatic rings. The van der Waals surface area contributed by atoms with E-state index in [0.717, 1.165) is 0 Å². The monoisotopic (exact) mass is 269 g/mol. The molecule has 6 nitrogen and oxygen atoms in total. The lowest BCUT2D eigenvalue weighted by molar-refractivity contribution is 0.0938. The van der Waals surface area contributed by atoms with Crippen LogP contribution in [0.25, 0.3) is 0 Å². The number of aromatic nitrogens is 3. The van der Waals surface area contributed by atoms with Crippen molar-refractivity contribution >= 4 is 5.91 Å². The van der Waals surface area contributed by atoms with Gasteiger partial charge in [-0.2, -0.15) is 0 Å². The smallest absolute Gasteiger partial charge is 0.253 e. The van der Waals surface area contributed by atoms with Crippen molar-refractivity contribution in [2.45, 2.75) is 13.0 Å². The van der Waals surface area contributed by atoms with Gasteiger partial charge in [-0.25, -0.2) is 4.98 Å². The van der Waals surface area contributed by atoms with Crippen molar-refractivity contribution in [2.75, 3.05) is 6.54 Å². The second-order valence-electron chi connectivity index (χ2n) is 4.10. The molecule has 20 heavy (non-hydrogen) atoms. The molecule has 1 unspecified atom stereocenters. The predicted molar refractivity (Wildman–Crippen MR) is 74.6 cm³/mol. The first kappa shape index (κ1) is 13.8. The van der Waals surface area contributed by atoms with Crippen molar-refractivity contribution in [1.82, 2.24) is 20.3 Å². The SMILES string of the molecule is CC(NC(=O)c1ccncc1C#CCN)c1ncc[nH]1. The normalized spacial score (nSPS) is 11.3. The van der Waals surface area contributed by atoms with Gasteiger partial charge in [-0.1, -0.05) is 11.8 Å². The number of rotatable bonds is 3. The van der Waals surface area contributed by atoms with Crippen molar-refractivity contribution in [3.8, 4) is 11.8 Å². The second kappa shape index (κ2) is 6.50. The first-order valence-electron chi connectivity index (χ1n) is 6.15. The van der Waals surface area contributed by atoms with E-state index in [4.69, 9.17) is 5.73 Å². The van der Waals surface area contributed by atoms with Crippen LogP contribution in [0.2, 0.25) is 0 Å². The molecule has 0 aromatic carbocycles. The number of hydrogen-bond acceptors (Lipinski definition) is 4. The van der Waals surface area contributed by atoms with Gasteiger partial charge >= 0.3 is 0 Å². The highest BCUT2D eigenvalue weighted by Gasteiger charge is 2.15. The highest BCUT2D eigenvalue weighted by Crippen LogP contribution is 2.10. The average Bonchev–Trinajstić information content (AvgIpc) is 2.99. The minimum atomic E-state index is -0.224. The Hall–Kier alpha value is -2.65. The van der Waals surface area contributed by atoms with Gasteiger partial charge in [-0.3, -0.25) is 9.78 Å². The second-order valence-corrected chi connectivity index (χ2v) is 4.10. The van der Waals surface area contributed by atoms with Crippen molar-refractivity contribution in [1.29, 1.82) is 0 Å². The molecule has 0 spiro atoms. The molecule has 0 aliphatic carbocycles. The molecule has 6 heteroatoms. The summed E-state index contributed by atoms with van der Waals surface area (Å²) in [6.07, 6.45) is 6.46. The molecule has 4 N–H and O–H groups in total. The van der Waals surface area contributed by atoms with E-state index in [1.807, 2.05) is 6.92 Å². The molecule has 0 radical (unpaired) electrons. The van der Waals surface area contributed by atoms with Crippen LogP contribution in [0, 0.1) is 11.8 Å². The van der Waals surface area contributed by atoms with Crippen LogP contribution < -0.4 is 11.1 Å². The molecule has 2 aromatic rings. The van der Waals surface area contributed by atoms with E-state index < -0.39 is 0 Å². The minimum absolute atomic E-state index is 0.221. The third-order valence-corrected chi connectivity index (χ3v) is 2.67. The van der Waals surface area contributed by atoms with Crippen LogP contribution in [0.15, 0.2) is 30.9 Å². The summed E-state index contributed by atoms with van der Waals surface area (Å²) in [6.45, 7) is 2.09. The Morgan fingerprint density at radius 3 is 3.10 bits per heavy atom. The molecule has 2 aromatic heterocycles. The van der Waals surface area contributed by atoms with Gasteiger partial charge in [0.1, 0.15) is 5.82 Å². The zero-order valence-electron chi connectivity index (χ0n) is 11.1. The maximum Gasteiger partial charge on any atom is 0.253 e. The number of H-pyrrole nitrogens is 1. The Morgan fingerprint density at radius 2 is 2.40 bits per heavy atom. The fraction of sp³-hybridized carbons (Fsp3) is 0.214. The molecule has 0 saturated heterocycles. The summed E-state index contributed by atoms with van der Waals surface area (Å²) in [5.74, 6) is 6.03. The average molecular weight is 269 g/mol. The van der Waals surface area contributed by atoms with E-state index in [9.17, 15) is 4.79 Å². The van der Waals surface area contributed by atoms with E-state index >= 15 is 0 Å². The number of pyridine rings is 1. The van der Waals surface area contributed by atoms with Crippen LogP contribution in [0.5, 0.6) is 0 Å². The first-order valence-corrected chi connectivity index (χ1v) is 6.15. The molecule has 102 valence electrons. The number of nitrogens with one attached hydrogen (secondary N) is 2. The fourth-order valence-corrected chi connectivity index (χ4v) is 1.70. The third-order valence-electron chi connectivity index (χ3n) is 2.67. The van der Waals surface area contributed by atoms with Crippen LogP contribution in [-0.4, -0.2) is 27.4 Å². The number of hydrogen-bond donors (Lipinski definition) is 3. The summed E-state index contributed by atoms with van der Waals surface area (Å²) in [4.78, 5) is 23.3. The highest BCUT2D eigenvalue weighted by atomic mass is 16.1. The molecule has 0 fully saturated rings. The summed E-state index contributed by atoms with van der Waals surface area (Å²) in [5.41, 5.74) is 6.37. The number of carbonyl (C=O) groups excluding carboxylic acids is 1. The highest BCUT2D eigenvalue weighted by molar-refractivity contribution is 5.96. The van der Waals surface area contributed by atoms with Crippen LogP contribution in [0.1, 0.15) is 34.7 Å². The molecule has 2 rings (SSSR count). The molecule has 1 amide bonds. The maximum absolute atomic E-state index is 12.3. The fourth-order valence-electron chi connectivity index (χ4n) is 1.70. The Kier molecular flexibility index (Phi) is 4.47. The number of nitrogens with two attached hydrogens (primary N) is 1. The van der Waals surface area contributed by atoms with Gasteiger partial charge in [-0.15, -0.1) is 0 Å². The van der Waals surface area contributed by atoms with Gasteiger partial charge in [-0.05, 0) is 13.0 Å². The summed E-state index contributed by atoms with van der Waals surface area (Å²) < 4.78 is 0. The van der Waals surface area contributed by atoms with E-state index in [2.05, 4.69) is 32.1 Å². The van der Waals surface area contributed by atoms with Crippen molar-refractivity contribution in [3.05, 3.63) is 47.8 Å². The van der Waals surface area contributed by atoms with Crippen LogP contribution >= 0.6 is 0 Å². The Morgan fingerprint density at radius 1 is 1.55 bits per heavy atom. The van der Waals surface area contributed by atoms with E-state index in [0.29, 0.717) is 17.0 Å². The molecule has 1 atom stereocenters. The first-order chi connectivity index (χ1) is 9.72. The van der Waals surface area contributed by atoms with Crippen molar-refractivity contribution in [3.63, 3.8) is 0 Å². The number of nitrogens with zero attached hydrogens (tertiary/aromatic N) is 2. The molecule has 2 heterocycles. The Bertz CT molecular complexity index is 639. The number of aromatic amines is 1. The standard InChI is InChI=1S/C14H15N5O/c1-10(13-17-7-8-18-13)19-14(20)12-4-6-16-9-11(12)3-2-5-15/h4,6-10H,5,15H2,1H3,(H,17,18)(H,19,20). The van der Waals surface area contributed by atoms with Crippen LogP contribution in [0.3, 0.4) is 0 Å². The van der Waals surface area contributed by atoms with E-state index in [1.54, 1.807) is 30.9 Å². The predicted octanol–water partition coefficient (Wildman–Crippen LogP) is 0.606. The summed E-state index contributed by atoms with van der Waals surface area (Å²) in [7, 11) is 0. The zero-order chi connectivity index (χ0) is 14.4. The van der Waals surface area contributed by atoms with Gasteiger partial charge in [0.15, 0.2) is 0 Å². The molecule has 0 saturated carbocycles. The quantitative estimate of drug-likeness (QED) is 0.711. The van der Waals surface area contributed by atoms with Crippen LogP contribution in [0.4, 0.5) is 0 Å². The largest absolute Gasteiger partial charge is 0.347 e. The zero-order valence-corrected chi connectivity index (χ0v) is 11.1. The number of amides is 1. The summed E-state index contributed by atoms with van der Waals surface area (Å²) in [5, 5.41) is 2.86. The van der Waals surface area contributed by atoms with Gasteiger partial charge in [0.25, 0.3) is 5.91 Å². The lowest BCUT2D eigenvalue weighted by atomic mass is 10.1. The van der Waals surface area contributed by atoms with Gasteiger partial charge in [0, 0.05) is 24.8 Å². The Balaban J connectivity index is 2.17. The molecular formula is C14H15N5O. The van der Waals surface area contributed by atoms with Gasteiger partial charge < -0.3 is 16.0 Å². The summed E-state index contributed by atoms with van der Waals surface area (Å²) in [6, 6.07) is 1.41. The molecule has 0 aliphatic heterocycles. The van der Waals surface area contributed by atoms with Crippen molar-refractivity contribution < 1.29 is 4.79 Å². The lowest BCUT2D eigenvalue weighted by Crippen LogP contribution is -2.28. The molecular weight excluding hydrogens is 254 g/mol. The molecule has 0 bridgehead atoms. The minimum Gasteiger partial charge on any atom is -0.347 e. The van der Waals surface area contributed by atoms with Crippen molar-refractivity contribution in [2.24, 2.45) is 5.73 Å². The van der Waals surface area contributed by atoms with Gasteiger partial charge in [0.2, 0.25) is 0 Å². The topological polar surface area (TPSA) is 96.7 Å². The van der Waals surface area contributed by atoms with Gasteiger partial charge in [0.05, 0.1) is 23.7 Å². The van der Waals surface area contributed by atoms with Crippen LogP contribution in [-0.2, 0) is 0 Å². The van der Waals surface area contributed by atoms with E-state index in [1.165, 1.54) is 0 Å². The number of imidazole rings is 1. The maximum atomic E-state index is 12.3. The third kappa shape index (κ3) is 3.22. The number of carbonyl (C=O) groups is 1. The summed E-state index contributed by atoms with van der Waals surface area (Å²) >= 11 is 0.